The Bertz CT molecular complexity index is 198. The third kappa shape index (κ3) is 2.71. The van der Waals surface area contributed by atoms with E-state index in [1.54, 1.807) is 14.2 Å². The lowest BCUT2D eigenvalue weighted by Crippen LogP contribution is -2.40. The van der Waals surface area contributed by atoms with Crippen LogP contribution in [0.3, 0.4) is 0 Å². The summed E-state index contributed by atoms with van der Waals surface area (Å²) in [6.45, 7) is 1.61. The maximum atomic E-state index is 5.34. The van der Waals surface area contributed by atoms with Gasteiger partial charge in [0.1, 0.15) is 0 Å². The van der Waals surface area contributed by atoms with Crippen molar-refractivity contribution >= 4 is 0 Å². The molecular formula is C12H23NO2. The van der Waals surface area contributed by atoms with Crippen LogP contribution in [0.15, 0.2) is 0 Å². The van der Waals surface area contributed by atoms with Gasteiger partial charge >= 0.3 is 0 Å². The molecule has 1 N–H and O–H groups in total. The van der Waals surface area contributed by atoms with E-state index in [0.717, 1.165) is 24.4 Å². The average Bonchev–Trinajstić information content (AvgIpc) is 2.85. The van der Waals surface area contributed by atoms with E-state index < -0.39 is 0 Å². The van der Waals surface area contributed by atoms with E-state index in [-0.39, 0.29) is 6.10 Å². The maximum Gasteiger partial charge on any atom is 0.0928 e. The second-order valence-electron chi connectivity index (χ2n) is 5.00. The van der Waals surface area contributed by atoms with Gasteiger partial charge in [0.05, 0.1) is 12.7 Å². The van der Waals surface area contributed by atoms with E-state index in [2.05, 4.69) is 5.32 Å². The Morgan fingerprint density at radius 2 is 2.13 bits per heavy atom. The number of rotatable bonds is 6. The number of methoxy groups -OCH3 is 2. The van der Waals surface area contributed by atoms with Crippen molar-refractivity contribution in [2.75, 3.05) is 27.4 Å². The van der Waals surface area contributed by atoms with Crippen LogP contribution in [0.4, 0.5) is 0 Å². The lowest BCUT2D eigenvalue weighted by molar-refractivity contribution is 0.0262. The topological polar surface area (TPSA) is 30.5 Å². The molecule has 2 saturated carbocycles. The van der Waals surface area contributed by atoms with Crippen LogP contribution in [0.5, 0.6) is 0 Å². The standard InChI is InChI=1S/C12H23NO2/c1-14-8-11(15-2)7-13-12-6-9-3-4-10(12)5-9/h9-13H,3-8H2,1-2H3. The Labute approximate surface area is 92.5 Å². The second-order valence-corrected chi connectivity index (χ2v) is 5.00. The monoisotopic (exact) mass is 213 g/mol. The van der Waals surface area contributed by atoms with Gasteiger partial charge in [-0.25, -0.2) is 0 Å². The number of hydrogen-bond acceptors (Lipinski definition) is 3. The first-order chi connectivity index (χ1) is 7.33. The predicted molar refractivity (Wildman–Crippen MR) is 59.9 cm³/mol. The third-order valence-electron chi connectivity index (χ3n) is 4.03. The minimum Gasteiger partial charge on any atom is -0.382 e. The summed E-state index contributed by atoms with van der Waals surface area (Å²) >= 11 is 0. The zero-order chi connectivity index (χ0) is 10.7. The summed E-state index contributed by atoms with van der Waals surface area (Å²) in [5, 5.41) is 3.64. The van der Waals surface area contributed by atoms with Gasteiger partial charge in [0.15, 0.2) is 0 Å². The highest BCUT2D eigenvalue weighted by molar-refractivity contribution is 4.94. The Morgan fingerprint density at radius 3 is 2.67 bits per heavy atom. The average molecular weight is 213 g/mol. The molecule has 0 aromatic carbocycles. The van der Waals surface area contributed by atoms with Gasteiger partial charge < -0.3 is 14.8 Å². The lowest BCUT2D eigenvalue weighted by Gasteiger charge is -2.25. The summed E-state index contributed by atoms with van der Waals surface area (Å²) in [6, 6.07) is 0.748. The van der Waals surface area contributed by atoms with Crippen LogP contribution in [0.1, 0.15) is 25.7 Å². The predicted octanol–water partition coefficient (Wildman–Crippen LogP) is 1.43. The Balaban J connectivity index is 1.69. The quantitative estimate of drug-likeness (QED) is 0.724. The van der Waals surface area contributed by atoms with Crippen LogP contribution in [-0.4, -0.2) is 39.5 Å². The van der Waals surface area contributed by atoms with E-state index >= 15 is 0 Å². The van der Waals surface area contributed by atoms with Crippen LogP contribution < -0.4 is 5.32 Å². The summed E-state index contributed by atoms with van der Waals surface area (Å²) in [5.74, 6) is 1.95. The van der Waals surface area contributed by atoms with E-state index in [1.165, 1.54) is 25.7 Å². The molecule has 88 valence electrons. The third-order valence-corrected chi connectivity index (χ3v) is 4.03. The van der Waals surface area contributed by atoms with E-state index in [0.29, 0.717) is 6.61 Å². The van der Waals surface area contributed by atoms with Crippen LogP contribution in [-0.2, 0) is 9.47 Å². The lowest BCUT2D eigenvalue weighted by atomic mass is 9.95. The molecule has 4 unspecified atom stereocenters. The van der Waals surface area contributed by atoms with E-state index in [4.69, 9.17) is 9.47 Å². The van der Waals surface area contributed by atoms with Crippen molar-refractivity contribution in [2.45, 2.75) is 37.8 Å². The van der Waals surface area contributed by atoms with Gasteiger partial charge in [-0.1, -0.05) is 6.42 Å². The Morgan fingerprint density at radius 1 is 1.27 bits per heavy atom. The molecule has 2 aliphatic carbocycles. The van der Waals surface area contributed by atoms with E-state index in [9.17, 15) is 0 Å². The Hall–Kier alpha value is -0.120. The smallest absolute Gasteiger partial charge is 0.0928 e. The fourth-order valence-corrected chi connectivity index (χ4v) is 3.17. The van der Waals surface area contributed by atoms with Crippen molar-refractivity contribution in [2.24, 2.45) is 11.8 Å². The van der Waals surface area contributed by atoms with Crippen molar-refractivity contribution in [3.8, 4) is 0 Å². The molecule has 0 spiro atoms. The summed E-state index contributed by atoms with van der Waals surface area (Å²) in [7, 11) is 3.48. The molecule has 3 heteroatoms. The SMILES string of the molecule is COCC(CNC1CC2CCC1C2)OC. The highest BCUT2D eigenvalue weighted by atomic mass is 16.5. The number of ether oxygens (including phenoxy) is 2. The maximum absolute atomic E-state index is 5.34. The number of fused-ring (bicyclic) bond motifs is 2. The molecule has 0 heterocycles. The molecule has 0 radical (unpaired) electrons. The van der Waals surface area contributed by atoms with Crippen LogP contribution in [0.2, 0.25) is 0 Å². The highest BCUT2D eigenvalue weighted by Crippen LogP contribution is 2.44. The van der Waals surface area contributed by atoms with Crippen LogP contribution >= 0.6 is 0 Å². The van der Waals surface area contributed by atoms with Gasteiger partial charge in [0, 0.05) is 26.8 Å². The van der Waals surface area contributed by atoms with Crippen molar-refractivity contribution < 1.29 is 9.47 Å². The molecule has 0 saturated heterocycles. The first kappa shape index (κ1) is 11.4. The van der Waals surface area contributed by atoms with Gasteiger partial charge in [-0.3, -0.25) is 0 Å². The fourth-order valence-electron chi connectivity index (χ4n) is 3.17. The van der Waals surface area contributed by atoms with Gasteiger partial charge in [-0.05, 0) is 31.1 Å². The van der Waals surface area contributed by atoms with Gasteiger partial charge in [0.2, 0.25) is 0 Å². The molecule has 2 bridgehead atoms. The first-order valence-electron chi connectivity index (χ1n) is 6.08. The van der Waals surface area contributed by atoms with Gasteiger partial charge in [-0.2, -0.15) is 0 Å². The molecule has 15 heavy (non-hydrogen) atoms. The van der Waals surface area contributed by atoms with Crippen molar-refractivity contribution in [3.05, 3.63) is 0 Å². The first-order valence-corrected chi connectivity index (χ1v) is 6.08. The molecule has 0 aliphatic heterocycles. The van der Waals surface area contributed by atoms with Crippen LogP contribution in [0.25, 0.3) is 0 Å². The molecule has 2 rings (SSSR count). The molecule has 0 amide bonds. The van der Waals surface area contributed by atoms with Crippen LogP contribution in [0, 0.1) is 11.8 Å². The molecule has 4 atom stereocenters. The summed E-state index contributed by atoms with van der Waals surface area (Å²) in [5.41, 5.74) is 0. The molecular weight excluding hydrogens is 190 g/mol. The van der Waals surface area contributed by atoms with E-state index in [1.807, 2.05) is 0 Å². The Kier molecular flexibility index (Phi) is 4.00. The zero-order valence-corrected chi connectivity index (χ0v) is 9.87. The molecule has 2 aliphatic rings. The zero-order valence-electron chi connectivity index (χ0n) is 9.87. The van der Waals surface area contributed by atoms with Crippen molar-refractivity contribution in [1.29, 1.82) is 0 Å². The molecule has 0 aromatic rings. The number of hydrogen-bond donors (Lipinski definition) is 1. The molecule has 3 nitrogen and oxygen atoms in total. The van der Waals surface area contributed by atoms with Crippen molar-refractivity contribution in [1.82, 2.24) is 5.32 Å². The van der Waals surface area contributed by atoms with Crippen molar-refractivity contribution in [3.63, 3.8) is 0 Å². The molecule has 0 aromatic heterocycles. The van der Waals surface area contributed by atoms with Gasteiger partial charge in [0.25, 0.3) is 0 Å². The highest BCUT2D eigenvalue weighted by Gasteiger charge is 2.39. The minimum atomic E-state index is 0.203. The van der Waals surface area contributed by atoms with Gasteiger partial charge in [-0.15, -0.1) is 0 Å². The normalized spacial score (nSPS) is 36.0. The molecule has 2 fully saturated rings. The second kappa shape index (κ2) is 5.28. The summed E-state index contributed by atoms with van der Waals surface area (Å²) in [4.78, 5) is 0. The summed E-state index contributed by atoms with van der Waals surface area (Å²) < 4.78 is 10.5. The number of nitrogens with one attached hydrogen (secondary N) is 1. The summed E-state index contributed by atoms with van der Waals surface area (Å²) in [6.07, 6.45) is 5.95. The fraction of sp³-hybridized carbons (Fsp3) is 1.00. The minimum absolute atomic E-state index is 0.203. The largest absolute Gasteiger partial charge is 0.382 e.